The Labute approximate surface area is 107 Å². The Morgan fingerprint density at radius 3 is 2.72 bits per heavy atom. The zero-order valence-electron chi connectivity index (χ0n) is 11.0. The Balaban J connectivity index is 2.97. The molecule has 0 fully saturated rings. The fourth-order valence-corrected chi connectivity index (χ4v) is 1.70. The van der Waals surface area contributed by atoms with Crippen molar-refractivity contribution >= 4 is 11.4 Å². The summed E-state index contributed by atoms with van der Waals surface area (Å²) in [4.78, 5) is 12.5. The maximum atomic E-state index is 10.8. The van der Waals surface area contributed by atoms with E-state index in [-0.39, 0.29) is 5.69 Å². The van der Waals surface area contributed by atoms with Crippen molar-refractivity contribution in [2.75, 3.05) is 12.5 Å². The fourth-order valence-electron chi connectivity index (χ4n) is 1.70. The third-order valence-corrected chi connectivity index (χ3v) is 3.22. The van der Waals surface area contributed by atoms with E-state index in [0.717, 1.165) is 17.7 Å². The molecule has 1 rings (SSSR count). The summed E-state index contributed by atoms with van der Waals surface area (Å²) >= 11 is 0. The van der Waals surface area contributed by atoms with Crippen LogP contribution in [0.4, 0.5) is 11.4 Å². The fraction of sp³-hybridized carbons (Fsp3) is 0.500. The average molecular weight is 252 g/mol. The highest BCUT2D eigenvalue weighted by atomic mass is 16.6. The number of nitrogens with one attached hydrogen (secondary N) is 1. The summed E-state index contributed by atoms with van der Waals surface area (Å²) in [6.45, 7) is 4.85. The lowest BCUT2D eigenvalue weighted by molar-refractivity contribution is -0.384. The number of anilines is 1. The van der Waals surface area contributed by atoms with E-state index >= 15 is 0 Å². The van der Waals surface area contributed by atoms with E-state index in [9.17, 15) is 10.1 Å². The molecule has 1 aromatic rings. The number of hydrogen-bond acceptors (Lipinski definition) is 5. The maximum absolute atomic E-state index is 10.8. The lowest BCUT2D eigenvalue weighted by atomic mass is 10.1. The molecule has 0 aliphatic carbocycles. The minimum atomic E-state index is -0.396. The van der Waals surface area contributed by atoms with Gasteiger partial charge < -0.3 is 5.43 Å². The van der Waals surface area contributed by atoms with Crippen molar-refractivity contribution in [2.24, 2.45) is 5.84 Å². The van der Waals surface area contributed by atoms with Crippen molar-refractivity contribution in [1.29, 1.82) is 0 Å². The Hall–Kier alpha value is -1.66. The molecular formula is C12H20N4O2. The first-order valence-electron chi connectivity index (χ1n) is 5.93. The lowest BCUT2D eigenvalue weighted by Crippen LogP contribution is -2.28. The van der Waals surface area contributed by atoms with Crippen LogP contribution < -0.4 is 11.3 Å². The number of hydrazine groups is 1. The first-order chi connectivity index (χ1) is 8.49. The van der Waals surface area contributed by atoms with E-state index < -0.39 is 4.92 Å². The molecule has 1 unspecified atom stereocenters. The number of non-ortho nitro benzene ring substituents is 1. The van der Waals surface area contributed by atoms with Crippen LogP contribution in [-0.4, -0.2) is 22.9 Å². The largest absolute Gasteiger partial charge is 0.324 e. The minimum absolute atomic E-state index is 0.0848. The first kappa shape index (κ1) is 14.4. The molecular weight excluding hydrogens is 232 g/mol. The van der Waals surface area contributed by atoms with Crippen LogP contribution in [0, 0.1) is 10.1 Å². The highest BCUT2D eigenvalue weighted by molar-refractivity contribution is 5.55. The lowest BCUT2D eigenvalue weighted by Gasteiger charge is -2.24. The molecule has 0 bridgehead atoms. The molecule has 0 saturated heterocycles. The van der Waals surface area contributed by atoms with Gasteiger partial charge in [-0.1, -0.05) is 6.92 Å². The van der Waals surface area contributed by atoms with Crippen molar-refractivity contribution in [3.05, 3.63) is 33.9 Å². The number of nitro benzene ring substituents is 1. The third kappa shape index (κ3) is 3.41. The van der Waals surface area contributed by atoms with E-state index in [1.807, 2.05) is 7.05 Å². The standard InChI is InChI=1S/C12H20N4O2/c1-4-9(2)15(3)8-10-7-11(16(17)18)5-6-12(10)14-13/h5-7,9,14H,4,8,13H2,1-3H3. The molecule has 3 N–H and O–H groups in total. The molecule has 18 heavy (non-hydrogen) atoms. The molecule has 0 radical (unpaired) electrons. The molecule has 0 aliphatic rings. The van der Waals surface area contributed by atoms with Crippen molar-refractivity contribution in [1.82, 2.24) is 4.90 Å². The summed E-state index contributed by atoms with van der Waals surface area (Å²) in [6.07, 6.45) is 1.02. The Morgan fingerprint density at radius 1 is 1.56 bits per heavy atom. The molecule has 0 aliphatic heterocycles. The third-order valence-electron chi connectivity index (χ3n) is 3.22. The van der Waals surface area contributed by atoms with Gasteiger partial charge in [-0.25, -0.2) is 0 Å². The molecule has 0 aromatic heterocycles. The predicted molar refractivity (Wildman–Crippen MR) is 72.1 cm³/mol. The van der Waals surface area contributed by atoms with Crippen molar-refractivity contribution < 1.29 is 4.92 Å². The minimum Gasteiger partial charge on any atom is -0.324 e. The molecule has 6 nitrogen and oxygen atoms in total. The number of rotatable bonds is 6. The number of benzene rings is 1. The van der Waals surface area contributed by atoms with Gasteiger partial charge in [0.05, 0.1) is 10.6 Å². The summed E-state index contributed by atoms with van der Waals surface area (Å²) in [7, 11) is 1.99. The van der Waals surface area contributed by atoms with Gasteiger partial charge in [0.1, 0.15) is 0 Å². The van der Waals surface area contributed by atoms with Crippen LogP contribution in [0.5, 0.6) is 0 Å². The Bertz CT molecular complexity index is 423. The van der Waals surface area contributed by atoms with Crippen molar-refractivity contribution in [2.45, 2.75) is 32.9 Å². The Kier molecular flexibility index (Phi) is 5.06. The Morgan fingerprint density at radius 2 is 2.22 bits per heavy atom. The molecule has 0 heterocycles. The van der Waals surface area contributed by atoms with Gasteiger partial charge in [0, 0.05) is 24.7 Å². The molecule has 1 aromatic carbocycles. The second kappa shape index (κ2) is 6.32. The van der Waals surface area contributed by atoms with Crippen LogP contribution in [0.15, 0.2) is 18.2 Å². The van der Waals surface area contributed by atoms with Crippen LogP contribution in [0.1, 0.15) is 25.8 Å². The molecule has 0 saturated carbocycles. The van der Waals surface area contributed by atoms with E-state index in [4.69, 9.17) is 5.84 Å². The zero-order valence-corrected chi connectivity index (χ0v) is 11.0. The molecule has 0 amide bonds. The number of nitrogens with two attached hydrogens (primary N) is 1. The van der Waals surface area contributed by atoms with Gasteiger partial charge in [-0.15, -0.1) is 0 Å². The smallest absolute Gasteiger partial charge is 0.269 e. The summed E-state index contributed by atoms with van der Waals surface area (Å²) in [5.41, 5.74) is 4.21. The van der Waals surface area contributed by atoms with Crippen LogP contribution >= 0.6 is 0 Å². The van der Waals surface area contributed by atoms with Crippen molar-refractivity contribution in [3.8, 4) is 0 Å². The van der Waals surface area contributed by atoms with E-state index in [2.05, 4.69) is 24.2 Å². The second-order valence-corrected chi connectivity index (χ2v) is 4.42. The molecule has 1 atom stereocenters. The van der Waals surface area contributed by atoms with Crippen LogP contribution in [0.2, 0.25) is 0 Å². The van der Waals surface area contributed by atoms with Crippen molar-refractivity contribution in [3.63, 3.8) is 0 Å². The van der Waals surface area contributed by atoms with Gasteiger partial charge in [0.25, 0.3) is 5.69 Å². The summed E-state index contributed by atoms with van der Waals surface area (Å²) in [6, 6.07) is 5.06. The van der Waals surface area contributed by atoms with Gasteiger partial charge in [-0.2, -0.15) is 0 Å². The van der Waals surface area contributed by atoms with Gasteiger partial charge in [-0.05, 0) is 32.0 Å². The van der Waals surface area contributed by atoms with Gasteiger partial charge in [-0.3, -0.25) is 20.9 Å². The summed E-state index contributed by atoms with van der Waals surface area (Å²) < 4.78 is 0. The van der Waals surface area contributed by atoms with Crippen LogP contribution in [-0.2, 0) is 6.54 Å². The SMILES string of the molecule is CCC(C)N(C)Cc1cc([N+](=O)[O-])ccc1NN. The molecule has 0 spiro atoms. The van der Waals surface area contributed by atoms with E-state index in [1.165, 1.54) is 6.07 Å². The van der Waals surface area contributed by atoms with Gasteiger partial charge in [0.2, 0.25) is 0 Å². The van der Waals surface area contributed by atoms with Crippen LogP contribution in [0.3, 0.4) is 0 Å². The monoisotopic (exact) mass is 252 g/mol. The predicted octanol–water partition coefficient (Wildman–Crippen LogP) is 2.11. The van der Waals surface area contributed by atoms with Crippen LogP contribution in [0.25, 0.3) is 0 Å². The van der Waals surface area contributed by atoms with E-state index in [1.54, 1.807) is 12.1 Å². The quantitative estimate of drug-likeness (QED) is 0.460. The molecule has 6 heteroatoms. The maximum Gasteiger partial charge on any atom is 0.269 e. The normalized spacial score (nSPS) is 12.5. The highest BCUT2D eigenvalue weighted by Gasteiger charge is 2.14. The number of nitrogens with zero attached hydrogens (tertiary/aromatic N) is 2. The number of nitrogen functional groups attached to an aromatic ring is 1. The molecule has 100 valence electrons. The highest BCUT2D eigenvalue weighted by Crippen LogP contribution is 2.23. The van der Waals surface area contributed by atoms with E-state index in [0.29, 0.717) is 12.6 Å². The summed E-state index contributed by atoms with van der Waals surface area (Å²) in [5, 5.41) is 10.8. The number of nitro groups is 1. The second-order valence-electron chi connectivity index (χ2n) is 4.42. The van der Waals surface area contributed by atoms with Gasteiger partial charge in [0.15, 0.2) is 0 Å². The average Bonchev–Trinajstić information content (AvgIpc) is 2.37. The van der Waals surface area contributed by atoms with Gasteiger partial charge >= 0.3 is 0 Å². The zero-order chi connectivity index (χ0) is 13.7. The first-order valence-corrected chi connectivity index (χ1v) is 5.93. The topological polar surface area (TPSA) is 84.4 Å². The summed E-state index contributed by atoms with van der Waals surface area (Å²) in [5.74, 6) is 5.42. The number of hydrogen-bond donors (Lipinski definition) is 2.